The van der Waals surface area contributed by atoms with Gasteiger partial charge < -0.3 is 10.5 Å². The largest absolute Gasteiger partial charge is 0.465 e. The number of benzene rings is 1. The molecule has 3 rings (SSSR count). The van der Waals surface area contributed by atoms with Crippen LogP contribution in [-0.2, 0) is 4.74 Å². The van der Waals surface area contributed by atoms with Crippen molar-refractivity contribution < 1.29 is 9.53 Å². The molecule has 0 unspecified atom stereocenters. The molecular weight excluding hydrogens is 270 g/mol. The smallest absolute Gasteiger partial charge is 0.337 e. The number of rotatable bonds is 2. The number of ether oxygens (including phenoxy) is 1. The van der Waals surface area contributed by atoms with Crippen molar-refractivity contribution in [3.63, 3.8) is 0 Å². The lowest BCUT2D eigenvalue weighted by molar-refractivity contribution is 0.0600. The zero-order valence-corrected chi connectivity index (χ0v) is 11.6. The van der Waals surface area contributed by atoms with Crippen LogP contribution in [0.2, 0.25) is 0 Å². The Bertz CT molecular complexity index is 840. The molecule has 7 nitrogen and oxygen atoms in total. The van der Waals surface area contributed by atoms with Crippen LogP contribution >= 0.6 is 0 Å². The SMILES string of the molecule is COC(=O)c1cccc(-n2ncc3c(N)nc(C)nc32)c1. The summed E-state index contributed by atoms with van der Waals surface area (Å²) >= 11 is 0. The normalized spacial score (nSPS) is 10.8. The highest BCUT2D eigenvalue weighted by Crippen LogP contribution is 2.21. The molecule has 106 valence electrons. The van der Waals surface area contributed by atoms with Gasteiger partial charge in [0.15, 0.2) is 5.65 Å². The minimum Gasteiger partial charge on any atom is -0.465 e. The number of aromatic nitrogens is 4. The van der Waals surface area contributed by atoms with Gasteiger partial charge in [0, 0.05) is 0 Å². The summed E-state index contributed by atoms with van der Waals surface area (Å²) in [6.45, 7) is 1.76. The van der Waals surface area contributed by atoms with E-state index in [-0.39, 0.29) is 0 Å². The Morgan fingerprint density at radius 2 is 2.14 bits per heavy atom. The van der Waals surface area contributed by atoms with Crippen LogP contribution in [0.4, 0.5) is 5.82 Å². The van der Waals surface area contributed by atoms with E-state index in [0.717, 1.165) is 0 Å². The number of fused-ring (bicyclic) bond motifs is 1. The molecule has 0 fully saturated rings. The third-order valence-corrected chi connectivity index (χ3v) is 3.08. The molecule has 21 heavy (non-hydrogen) atoms. The lowest BCUT2D eigenvalue weighted by Crippen LogP contribution is -2.05. The fourth-order valence-corrected chi connectivity index (χ4v) is 2.11. The monoisotopic (exact) mass is 283 g/mol. The molecule has 0 bridgehead atoms. The van der Waals surface area contributed by atoms with Crippen molar-refractivity contribution in [1.29, 1.82) is 0 Å². The molecule has 2 aromatic heterocycles. The highest BCUT2D eigenvalue weighted by Gasteiger charge is 2.12. The molecule has 0 atom stereocenters. The van der Waals surface area contributed by atoms with Gasteiger partial charge in [-0.05, 0) is 25.1 Å². The fraction of sp³-hybridized carbons (Fsp3) is 0.143. The second-order valence-corrected chi connectivity index (χ2v) is 4.49. The summed E-state index contributed by atoms with van der Waals surface area (Å²) in [6, 6.07) is 6.94. The minimum atomic E-state index is -0.404. The van der Waals surface area contributed by atoms with E-state index < -0.39 is 5.97 Å². The molecule has 0 saturated heterocycles. The van der Waals surface area contributed by atoms with Crippen LogP contribution in [0.3, 0.4) is 0 Å². The number of esters is 1. The van der Waals surface area contributed by atoms with Crippen LogP contribution in [0.5, 0.6) is 0 Å². The second kappa shape index (κ2) is 4.86. The first-order valence-electron chi connectivity index (χ1n) is 6.27. The molecular formula is C14H13N5O2. The summed E-state index contributed by atoms with van der Waals surface area (Å²) in [6.07, 6.45) is 1.61. The van der Waals surface area contributed by atoms with Gasteiger partial charge >= 0.3 is 5.97 Å². The predicted molar refractivity (Wildman–Crippen MR) is 77.1 cm³/mol. The summed E-state index contributed by atoms with van der Waals surface area (Å²) in [5.41, 5.74) is 7.61. The molecule has 2 heterocycles. The Morgan fingerprint density at radius 3 is 2.90 bits per heavy atom. The van der Waals surface area contributed by atoms with Gasteiger partial charge in [0.25, 0.3) is 0 Å². The summed E-state index contributed by atoms with van der Waals surface area (Å²) in [7, 11) is 1.34. The molecule has 0 amide bonds. The van der Waals surface area contributed by atoms with Crippen molar-refractivity contribution in [2.45, 2.75) is 6.92 Å². The van der Waals surface area contributed by atoms with Crippen LogP contribution in [0.15, 0.2) is 30.5 Å². The van der Waals surface area contributed by atoms with Crippen molar-refractivity contribution in [3.8, 4) is 5.69 Å². The maximum atomic E-state index is 11.6. The number of carbonyl (C=O) groups is 1. The number of hydrogen-bond acceptors (Lipinski definition) is 6. The van der Waals surface area contributed by atoms with Crippen molar-refractivity contribution in [2.75, 3.05) is 12.8 Å². The van der Waals surface area contributed by atoms with E-state index in [9.17, 15) is 4.79 Å². The molecule has 2 N–H and O–H groups in total. The molecule has 0 aliphatic heterocycles. The van der Waals surface area contributed by atoms with E-state index in [1.165, 1.54) is 7.11 Å². The molecule has 0 radical (unpaired) electrons. The van der Waals surface area contributed by atoms with Crippen LogP contribution in [-0.4, -0.2) is 32.8 Å². The number of nitrogens with two attached hydrogens (primary N) is 1. The third-order valence-electron chi connectivity index (χ3n) is 3.08. The van der Waals surface area contributed by atoms with Crippen molar-refractivity contribution in [1.82, 2.24) is 19.7 Å². The van der Waals surface area contributed by atoms with Gasteiger partial charge in [-0.2, -0.15) is 5.10 Å². The first-order chi connectivity index (χ1) is 10.1. The van der Waals surface area contributed by atoms with E-state index in [0.29, 0.717) is 33.9 Å². The molecule has 3 aromatic rings. The lowest BCUT2D eigenvalue weighted by atomic mass is 10.2. The molecule has 0 saturated carbocycles. The van der Waals surface area contributed by atoms with E-state index in [1.54, 1.807) is 36.0 Å². The van der Waals surface area contributed by atoms with Gasteiger partial charge in [-0.15, -0.1) is 0 Å². The van der Waals surface area contributed by atoms with Crippen molar-refractivity contribution in [2.24, 2.45) is 0 Å². The Labute approximate surface area is 120 Å². The minimum absolute atomic E-state index is 0.382. The van der Waals surface area contributed by atoms with Gasteiger partial charge in [-0.1, -0.05) is 6.07 Å². The van der Waals surface area contributed by atoms with Crippen LogP contribution in [0, 0.1) is 6.92 Å². The zero-order chi connectivity index (χ0) is 15.0. The highest BCUT2D eigenvalue weighted by atomic mass is 16.5. The number of carbonyl (C=O) groups excluding carboxylic acids is 1. The van der Waals surface area contributed by atoms with Gasteiger partial charge in [0.1, 0.15) is 11.6 Å². The van der Waals surface area contributed by atoms with E-state index >= 15 is 0 Å². The zero-order valence-electron chi connectivity index (χ0n) is 11.6. The Morgan fingerprint density at radius 1 is 1.33 bits per heavy atom. The Hall–Kier alpha value is -2.96. The highest BCUT2D eigenvalue weighted by molar-refractivity contribution is 5.90. The standard InChI is InChI=1S/C14H13N5O2/c1-8-17-12(15)11-7-16-19(13(11)18-8)10-5-3-4-9(6-10)14(20)21-2/h3-7H,1-2H3,(H2,15,17,18). The fourth-order valence-electron chi connectivity index (χ4n) is 2.11. The van der Waals surface area contributed by atoms with Gasteiger partial charge in [0.05, 0.1) is 29.9 Å². The molecule has 1 aromatic carbocycles. The number of anilines is 1. The first kappa shape index (κ1) is 13.0. The van der Waals surface area contributed by atoms with E-state index in [1.807, 2.05) is 6.07 Å². The number of nitrogen functional groups attached to an aromatic ring is 1. The van der Waals surface area contributed by atoms with Gasteiger partial charge in [-0.25, -0.2) is 19.4 Å². The summed E-state index contributed by atoms with van der Waals surface area (Å²) in [5, 5.41) is 4.95. The second-order valence-electron chi connectivity index (χ2n) is 4.49. The molecule has 0 aliphatic rings. The third kappa shape index (κ3) is 2.18. The average molecular weight is 283 g/mol. The molecule has 0 aliphatic carbocycles. The molecule has 7 heteroatoms. The van der Waals surface area contributed by atoms with Gasteiger partial charge in [0.2, 0.25) is 0 Å². The van der Waals surface area contributed by atoms with Crippen molar-refractivity contribution >= 4 is 22.8 Å². The number of nitrogens with zero attached hydrogens (tertiary/aromatic N) is 4. The maximum Gasteiger partial charge on any atom is 0.337 e. The summed E-state index contributed by atoms with van der Waals surface area (Å²) < 4.78 is 6.34. The van der Waals surface area contributed by atoms with Crippen LogP contribution in [0.1, 0.15) is 16.2 Å². The lowest BCUT2D eigenvalue weighted by Gasteiger charge is -2.06. The van der Waals surface area contributed by atoms with E-state index in [2.05, 4.69) is 15.1 Å². The molecule has 0 spiro atoms. The average Bonchev–Trinajstić information content (AvgIpc) is 2.90. The van der Waals surface area contributed by atoms with Crippen LogP contribution < -0.4 is 5.73 Å². The van der Waals surface area contributed by atoms with Crippen molar-refractivity contribution in [3.05, 3.63) is 41.9 Å². The summed E-state index contributed by atoms with van der Waals surface area (Å²) in [4.78, 5) is 20.1. The van der Waals surface area contributed by atoms with Crippen LogP contribution in [0.25, 0.3) is 16.7 Å². The Kier molecular flexibility index (Phi) is 3.02. The number of hydrogen-bond donors (Lipinski definition) is 1. The number of methoxy groups -OCH3 is 1. The quantitative estimate of drug-likeness (QED) is 0.716. The maximum absolute atomic E-state index is 11.6. The van der Waals surface area contributed by atoms with E-state index in [4.69, 9.17) is 10.5 Å². The number of aryl methyl sites for hydroxylation is 1. The summed E-state index contributed by atoms with van der Waals surface area (Å²) in [5.74, 6) is 0.539. The topological polar surface area (TPSA) is 95.9 Å². The predicted octanol–water partition coefficient (Wildman–Crippen LogP) is 1.49. The van der Waals surface area contributed by atoms with Gasteiger partial charge in [-0.3, -0.25) is 0 Å². The Balaban J connectivity index is 2.19. The first-order valence-corrected chi connectivity index (χ1v) is 6.27.